The van der Waals surface area contributed by atoms with Gasteiger partial charge >= 0.3 is 5.97 Å². The third kappa shape index (κ3) is 5.04. The number of allylic oxidation sites excluding steroid dienone is 1. The highest BCUT2D eigenvalue weighted by molar-refractivity contribution is 7.12. The van der Waals surface area contributed by atoms with E-state index in [0.29, 0.717) is 38.6 Å². The van der Waals surface area contributed by atoms with Crippen LogP contribution in [0.3, 0.4) is 0 Å². The lowest BCUT2D eigenvalue weighted by Gasteiger charge is -2.40. The highest BCUT2D eigenvalue weighted by Gasteiger charge is 2.62. The number of fused-ring (bicyclic) bond motifs is 1. The summed E-state index contributed by atoms with van der Waals surface area (Å²) in [5.74, 6) is -0.349. The van der Waals surface area contributed by atoms with Crippen molar-refractivity contribution in [1.82, 2.24) is 14.7 Å². The van der Waals surface area contributed by atoms with Crippen molar-refractivity contribution in [2.75, 3.05) is 32.8 Å². The van der Waals surface area contributed by atoms with Gasteiger partial charge in [0.15, 0.2) is 0 Å². The van der Waals surface area contributed by atoms with E-state index in [0.717, 1.165) is 48.2 Å². The average molecular weight is 566 g/mol. The van der Waals surface area contributed by atoms with Crippen molar-refractivity contribution in [2.24, 2.45) is 17.8 Å². The number of ether oxygens (including phenoxy) is 1. The summed E-state index contributed by atoms with van der Waals surface area (Å²) in [7, 11) is 0. The van der Waals surface area contributed by atoms with Crippen molar-refractivity contribution in [3.63, 3.8) is 0 Å². The van der Waals surface area contributed by atoms with Gasteiger partial charge in [-0.3, -0.25) is 9.59 Å². The smallest absolute Gasteiger partial charge is 0.345 e. The molecule has 6 rings (SSSR count). The summed E-state index contributed by atoms with van der Waals surface area (Å²) in [5, 5.41) is 1.91. The van der Waals surface area contributed by atoms with Crippen LogP contribution in [0.5, 0.6) is 0 Å². The van der Waals surface area contributed by atoms with E-state index in [1.807, 2.05) is 27.3 Å². The number of rotatable bonds is 6. The summed E-state index contributed by atoms with van der Waals surface area (Å²) < 4.78 is 19.2. The van der Waals surface area contributed by atoms with Gasteiger partial charge in [0.25, 0.3) is 11.8 Å². The third-order valence-corrected chi connectivity index (χ3v) is 9.89. The first-order valence-electron chi connectivity index (χ1n) is 14.5. The summed E-state index contributed by atoms with van der Waals surface area (Å²) in [6.45, 7) is 4.49. The number of amides is 2. The second kappa shape index (κ2) is 11.4. The molecule has 0 spiro atoms. The molecule has 1 saturated heterocycles. The van der Waals surface area contributed by atoms with Gasteiger partial charge in [0.05, 0.1) is 11.5 Å². The molecule has 212 valence electrons. The van der Waals surface area contributed by atoms with Crippen molar-refractivity contribution in [1.29, 1.82) is 0 Å². The normalized spacial score (nSPS) is 26.6. The fourth-order valence-corrected chi connectivity index (χ4v) is 7.88. The molecule has 9 heteroatoms. The highest BCUT2D eigenvalue weighted by Crippen LogP contribution is 2.58. The maximum absolute atomic E-state index is 14.4. The monoisotopic (exact) mass is 565 g/mol. The van der Waals surface area contributed by atoms with Crippen LogP contribution in [0.1, 0.15) is 54.3 Å². The molecule has 0 radical (unpaired) electrons. The minimum atomic E-state index is -0.566. The van der Waals surface area contributed by atoms with Crippen molar-refractivity contribution in [3.8, 4) is 0 Å². The largest absolute Gasteiger partial charge is 0.462 e. The Bertz CT molecular complexity index is 1290. The lowest BCUT2D eigenvalue weighted by atomic mass is 9.85. The number of hydrogen-bond acceptors (Lipinski definition) is 6. The quantitative estimate of drug-likeness (QED) is 0.375. The molecule has 0 N–H and O–H groups in total. The zero-order chi connectivity index (χ0) is 27.8. The Kier molecular flexibility index (Phi) is 7.66. The number of thiophene rings is 1. The number of piperazine rings is 1. The molecule has 2 amide bonds. The van der Waals surface area contributed by atoms with Crippen LogP contribution in [0.25, 0.3) is 0 Å². The molecule has 7 nitrogen and oxygen atoms in total. The molecule has 2 aliphatic carbocycles. The van der Waals surface area contributed by atoms with Crippen LogP contribution < -0.4 is 0 Å². The summed E-state index contributed by atoms with van der Waals surface area (Å²) in [5.41, 5.74) is 1.82. The average Bonchev–Trinajstić information content (AvgIpc) is 3.37. The molecule has 3 heterocycles. The van der Waals surface area contributed by atoms with Gasteiger partial charge in [-0.2, -0.15) is 0 Å². The Balaban J connectivity index is 1.36. The number of hydrogen-bond donors (Lipinski definition) is 0. The molecule has 0 bridgehead atoms. The molecular formula is C31H36FN3O4S. The van der Waals surface area contributed by atoms with Crippen LogP contribution >= 0.6 is 11.3 Å². The van der Waals surface area contributed by atoms with Crippen LogP contribution in [-0.2, 0) is 20.9 Å². The summed E-state index contributed by atoms with van der Waals surface area (Å²) >= 11 is 1.44. The molecule has 2 aliphatic heterocycles. The van der Waals surface area contributed by atoms with E-state index in [1.54, 1.807) is 19.1 Å². The van der Waals surface area contributed by atoms with Gasteiger partial charge in [0.1, 0.15) is 11.4 Å². The lowest BCUT2D eigenvalue weighted by molar-refractivity contribution is -0.142. The number of carbonyl (C=O) groups is 3. The first kappa shape index (κ1) is 27.0. The second-order valence-electron chi connectivity index (χ2n) is 11.3. The Morgan fingerprint density at radius 2 is 1.77 bits per heavy atom. The van der Waals surface area contributed by atoms with Crippen molar-refractivity contribution >= 4 is 29.1 Å². The molecule has 4 unspecified atom stereocenters. The van der Waals surface area contributed by atoms with Gasteiger partial charge in [-0.25, -0.2) is 9.18 Å². The van der Waals surface area contributed by atoms with Gasteiger partial charge < -0.3 is 19.4 Å². The van der Waals surface area contributed by atoms with Crippen molar-refractivity contribution in [2.45, 2.75) is 51.6 Å². The van der Waals surface area contributed by atoms with Crippen molar-refractivity contribution in [3.05, 3.63) is 69.3 Å². The molecular weight excluding hydrogens is 529 g/mol. The summed E-state index contributed by atoms with van der Waals surface area (Å²) in [4.78, 5) is 47.6. The Morgan fingerprint density at radius 1 is 1.02 bits per heavy atom. The second-order valence-corrected chi connectivity index (χ2v) is 12.2. The number of carbonyl (C=O) groups excluding carboxylic acids is 3. The van der Waals surface area contributed by atoms with Gasteiger partial charge in [-0.15, -0.1) is 11.3 Å². The molecule has 40 heavy (non-hydrogen) atoms. The van der Waals surface area contributed by atoms with E-state index >= 15 is 0 Å². The highest BCUT2D eigenvalue weighted by atomic mass is 32.1. The number of esters is 1. The van der Waals surface area contributed by atoms with E-state index in [9.17, 15) is 18.8 Å². The zero-order valence-corrected chi connectivity index (χ0v) is 23.7. The predicted molar refractivity (Wildman–Crippen MR) is 150 cm³/mol. The molecule has 2 saturated carbocycles. The van der Waals surface area contributed by atoms with E-state index in [2.05, 4.69) is 4.90 Å². The maximum Gasteiger partial charge on any atom is 0.345 e. The standard InChI is InChI=1S/C31H36FN3O4S/c1-2-39-31(38)26-27(33-14-16-34(17-15-33)29(36)24-9-6-18-40-24)22-7-4-3-5-8-23-25(22)28(23)35(30(26)37)19-20-10-12-21(32)13-11-20/h6,9-13,18,22-23,25,28H,2-5,7-8,14-17,19H2,1H3. The van der Waals surface area contributed by atoms with E-state index in [4.69, 9.17) is 4.74 Å². The topological polar surface area (TPSA) is 70.2 Å². The fraction of sp³-hybridized carbons (Fsp3) is 0.516. The van der Waals surface area contributed by atoms with Crippen LogP contribution in [-0.4, -0.2) is 71.3 Å². The summed E-state index contributed by atoms with van der Waals surface area (Å²) in [6.07, 6.45) is 5.36. The summed E-state index contributed by atoms with van der Waals surface area (Å²) in [6, 6.07) is 10.1. The van der Waals surface area contributed by atoms with E-state index in [1.165, 1.54) is 23.5 Å². The molecule has 4 aliphatic rings. The number of nitrogens with zero attached hydrogens (tertiary/aromatic N) is 3. The lowest BCUT2D eigenvalue weighted by Crippen LogP contribution is -2.50. The number of halogens is 1. The molecule has 2 aromatic rings. The minimum absolute atomic E-state index is 0.0323. The first-order chi connectivity index (χ1) is 19.5. The first-order valence-corrected chi connectivity index (χ1v) is 15.4. The van der Waals surface area contributed by atoms with Gasteiger partial charge in [0, 0.05) is 50.4 Å². The molecule has 3 fully saturated rings. The molecule has 4 atom stereocenters. The van der Waals surface area contributed by atoms with Crippen LogP contribution in [0, 0.1) is 23.6 Å². The Labute approximate surface area is 238 Å². The Morgan fingerprint density at radius 3 is 2.48 bits per heavy atom. The molecule has 1 aromatic carbocycles. The van der Waals surface area contributed by atoms with Gasteiger partial charge in [-0.05, 0) is 60.7 Å². The predicted octanol–water partition coefficient (Wildman–Crippen LogP) is 4.70. The van der Waals surface area contributed by atoms with Crippen molar-refractivity contribution < 1.29 is 23.5 Å². The number of benzene rings is 1. The zero-order valence-electron chi connectivity index (χ0n) is 22.9. The van der Waals surface area contributed by atoms with Crippen LogP contribution in [0.4, 0.5) is 4.39 Å². The SMILES string of the molecule is CCOC(=O)C1=C(N2CCN(C(=O)c3cccs3)CC2)C2CCCCCC3C2C3N(Cc2ccc(F)cc2)C1=O. The van der Waals surface area contributed by atoms with E-state index in [-0.39, 0.29) is 47.7 Å². The van der Waals surface area contributed by atoms with Crippen LogP contribution in [0.15, 0.2) is 53.0 Å². The van der Waals surface area contributed by atoms with Gasteiger partial charge in [-0.1, -0.05) is 37.5 Å². The third-order valence-electron chi connectivity index (χ3n) is 9.03. The van der Waals surface area contributed by atoms with Gasteiger partial charge in [0.2, 0.25) is 0 Å². The maximum atomic E-state index is 14.4. The minimum Gasteiger partial charge on any atom is -0.462 e. The van der Waals surface area contributed by atoms with E-state index < -0.39 is 5.97 Å². The van der Waals surface area contributed by atoms with Crippen LogP contribution in [0.2, 0.25) is 0 Å². The molecule has 1 aromatic heterocycles. The fourth-order valence-electron chi connectivity index (χ4n) is 7.18. The Hall–Kier alpha value is -3.20.